The first-order valence-electron chi connectivity index (χ1n) is 15.6. The zero-order valence-electron chi connectivity index (χ0n) is 25.7. The molecule has 0 radical (unpaired) electrons. The summed E-state index contributed by atoms with van der Waals surface area (Å²) < 4.78 is 44.6. The molecule has 6 atom stereocenters. The summed E-state index contributed by atoms with van der Waals surface area (Å²) in [6.07, 6.45) is -0.395. The number of halogens is 3. The molecule has 0 aromatic heterocycles. The fourth-order valence-corrected chi connectivity index (χ4v) is 8.50. The Hall–Kier alpha value is -3.16. The molecule has 45 heavy (non-hydrogen) atoms. The summed E-state index contributed by atoms with van der Waals surface area (Å²) in [5.41, 5.74) is 0.0651. The van der Waals surface area contributed by atoms with Crippen LogP contribution in [0.1, 0.15) is 72.5 Å². The monoisotopic (exact) mass is 635 g/mol. The molecule has 0 bridgehead atoms. The second-order valence-electron chi connectivity index (χ2n) is 13.4. The molecular formula is C32H40F3N3O7. The number of ketones is 4. The third-order valence-electron chi connectivity index (χ3n) is 10.5. The Morgan fingerprint density at radius 2 is 1.73 bits per heavy atom. The summed E-state index contributed by atoms with van der Waals surface area (Å²) in [5.74, 6) is -12.9. The molecule has 3 fully saturated rings. The van der Waals surface area contributed by atoms with Crippen LogP contribution >= 0.6 is 0 Å². The quantitative estimate of drug-likeness (QED) is 0.382. The number of likely N-dealkylation sites (N-methyl/N-ethyl adjacent to an activating group) is 1. The van der Waals surface area contributed by atoms with Crippen molar-refractivity contribution < 1.29 is 47.4 Å². The molecule has 0 saturated heterocycles. The number of nitrogens with zero attached hydrogens (tertiary/aromatic N) is 2. The lowest BCUT2D eigenvalue weighted by Crippen LogP contribution is -2.74. The minimum atomic E-state index is -4.90. The van der Waals surface area contributed by atoms with Gasteiger partial charge in [0, 0.05) is 19.0 Å². The minimum Gasteiger partial charge on any atom is -0.507 e. The van der Waals surface area contributed by atoms with Gasteiger partial charge in [-0.05, 0) is 75.4 Å². The van der Waals surface area contributed by atoms with E-state index in [1.807, 2.05) is 11.8 Å². The van der Waals surface area contributed by atoms with Gasteiger partial charge >= 0.3 is 6.18 Å². The zero-order chi connectivity index (χ0) is 33.2. The number of aromatic hydroxyl groups is 1. The number of aliphatic hydroxyl groups is 1. The first-order chi connectivity index (χ1) is 21.0. The highest BCUT2D eigenvalue weighted by Gasteiger charge is 2.69. The summed E-state index contributed by atoms with van der Waals surface area (Å²) >= 11 is 0. The Morgan fingerprint density at radius 3 is 2.29 bits per heavy atom. The third kappa shape index (κ3) is 5.40. The number of primary amides is 1. The van der Waals surface area contributed by atoms with E-state index in [2.05, 4.69) is 0 Å². The minimum absolute atomic E-state index is 0.105. The number of alkyl halides is 3. The van der Waals surface area contributed by atoms with E-state index in [9.17, 15) is 47.4 Å². The summed E-state index contributed by atoms with van der Waals surface area (Å²) in [6, 6.07) is -0.407. The molecule has 0 spiro atoms. The number of amides is 1. The van der Waals surface area contributed by atoms with Gasteiger partial charge in [-0.15, -0.1) is 0 Å². The topological polar surface area (TPSA) is 158 Å². The molecule has 13 heteroatoms. The zero-order valence-corrected chi connectivity index (χ0v) is 25.7. The van der Waals surface area contributed by atoms with Crippen molar-refractivity contribution in [2.45, 2.75) is 76.2 Å². The first-order valence-corrected chi connectivity index (χ1v) is 15.6. The van der Waals surface area contributed by atoms with Gasteiger partial charge in [-0.1, -0.05) is 26.2 Å². The number of phenols is 1. The Labute approximate surface area is 259 Å². The Bertz CT molecular complexity index is 1440. The van der Waals surface area contributed by atoms with E-state index in [1.54, 1.807) is 0 Å². The van der Waals surface area contributed by atoms with Crippen molar-refractivity contribution in [3.8, 4) is 5.75 Å². The maximum absolute atomic E-state index is 14.9. The van der Waals surface area contributed by atoms with Gasteiger partial charge in [0.2, 0.25) is 5.91 Å². The first kappa shape index (κ1) is 33.2. The number of hydrogen-bond donors (Lipinski definition) is 3. The van der Waals surface area contributed by atoms with Crippen LogP contribution in [0.2, 0.25) is 0 Å². The van der Waals surface area contributed by atoms with Gasteiger partial charge in [0.15, 0.2) is 34.7 Å². The molecular weight excluding hydrogens is 595 g/mol. The van der Waals surface area contributed by atoms with Crippen LogP contribution in [0.4, 0.5) is 13.2 Å². The largest absolute Gasteiger partial charge is 0.507 e. The van der Waals surface area contributed by atoms with Crippen molar-refractivity contribution in [3.05, 3.63) is 28.3 Å². The van der Waals surface area contributed by atoms with Crippen molar-refractivity contribution in [2.24, 2.45) is 35.3 Å². The number of carbonyl (C=O) groups excluding carboxylic acids is 5. The molecule has 2 unspecified atom stereocenters. The van der Waals surface area contributed by atoms with Gasteiger partial charge in [-0.3, -0.25) is 33.8 Å². The molecule has 1 aromatic rings. The van der Waals surface area contributed by atoms with E-state index < -0.39 is 99.4 Å². The van der Waals surface area contributed by atoms with Crippen LogP contribution in [0.25, 0.3) is 0 Å². The van der Waals surface area contributed by atoms with Crippen molar-refractivity contribution in [1.29, 1.82) is 0 Å². The maximum Gasteiger partial charge on any atom is 0.417 e. The van der Waals surface area contributed by atoms with Gasteiger partial charge in [-0.25, -0.2) is 0 Å². The number of Topliss-reactive ketones (excluding diaryl/α,β-unsaturated/α-hetero) is 4. The van der Waals surface area contributed by atoms with Crippen LogP contribution in [-0.2, 0) is 38.3 Å². The van der Waals surface area contributed by atoms with Crippen LogP contribution < -0.4 is 5.73 Å². The van der Waals surface area contributed by atoms with Crippen LogP contribution in [0.15, 0.2) is 6.07 Å². The van der Waals surface area contributed by atoms with Crippen molar-refractivity contribution in [3.63, 3.8) is 0 Å². The molecule has 3 saturated carbocycles. The average Bonchev–Trinajstić information content (AvgIpc) is 2.94. The second-order valence-corrected chi connectivity index (χ2v) is 13.4. The molecule has 0 heterocycles. The van der Waals surface area contributed by atoms with Crippen LogP contribution in [0.3, 0.4) is 0 Å². The number of hydrogen-bond acceptors (Lipinski definition) is 9. The average molecular weight is 636 g/mol. The molecule has 1 amide bonds. The predicted octanol–water partition coefficient (Wildman–Crippen LogP) is 2.29. The van der Waals surface area contributed by atoms with Gasteiger partial charge in [-0.2, -0.15) is 13.2 Å². The van der Waals surface area contributed by atoms with E-state index in [0.717, 1.165) is 38.2 Å². The van der Waals surface area contributed by atoms with E-state index in [1.165, 1.54) is 19.0 Å². The molecule has 5 rings (SSSR count). The van der Waals surface area contributed by atoms with E-state index in [0.29, 0.717) is 19.0 Å². The highest BCUT2D eigenvalue weighted by molar-refractivity contribution is 6.32. The van der Waals surface area contributed by atoms with Gasteiger partial charge < -0.3 is 15.9 Å². The van der Waals surface area contributed by atoms with Crippen molar-refractivity contribution in [1.82, 2.24) is 9.80 Å². The summed E-state index contributed by atoms with van der Waals surface area (Å²) in [7, 11) is 2.88. The van der Waals surface area contributed by atoms with Gasteiger partial charge in [0.05, 0.1) is 23.1 Å². The lowest BCUT2D eigenvalue weighted by atomic mass is 9.52. The number of rotatable bonds is 7. The van der Waals surface area contributed by atoms with E-state index in [4.69, 9.17) is 5.73 Å². The lowest BCUT2D eigenvalue weighted by molar-refractivity contribution is -0.181. The molecule has 1 aromatic carbocycles. The summed E-state index contributed by atoms with van der Waals surface area (Å²) in [6.45, 7) is 2.83. The molecule has 246 valence electrons. The lowest BCUT2D eigenvalue weighted by Gasteiger charge is -2.52. The molecule has 10 nitrogen and oxygen atoms in total. The van der Waals surface area contributed by atoms with Crippen LogP contribution in [-0.4, -0.2) is 87.9 Å². The van der Waals surface area contributed by atoms with Crippen LogP contribution in [0, 0.1) is 29.6 Å². The van der Waals surface area contributed by atoms with E-state index in [-0.39, 0.29) is 18.5 Å². The number of benzene rings is 1. The van der Waals surface area contributed by atoms with E-state index >= 15 is 0 Å². The highest BCUT2D eigenvalue weighted by Crippen LogP contribution is 2.52. The molecule has 4 N–H and O–H groups in total. The number of carbonyl (C=O) groups is 5. The Kier molecular flexibility index (Phi) is 8.77. The number of nitrogens with two attached hydrogens (primary N) is 1. The maximum atomic E-state index is 14.9. The predicted molar refractivity (Wildman–Crippen MR) is 154 cm³/mol. The van der Waals surface area contributed by atoms with Gasteiger partial charge in [0.25, 0.3) is 0 Å². The Morgan fingerprint density at radius 1 is 1.09 bits per heavy atom. The summed E-state index contributed by atoms with van der Waals surface area (Å²) in [5, 5.41) is 22.7. The smallest absolute Gasteiger partial charge is 0.417 e. The fraction of sp³-hybridized carbons (Fsp3) is 0.656. The summed E-state index contributed by atoms with van der Waals surface area (Å²) in [4.78, 5) is 69.8. The van der Waals surface area contributed by atoms with Crippen LogP contribution in [0.5, 0.6) is 5.75 Å². The van der Waals surface area contributed by atoms with Gasteiger partial charge in [0.1, 0.15) is 5.75 Å². The molecule has 0 aliphatic heterocycles. The second kappa shape index (κ2) is 11.9. The van der Waals surface area contributed by atoms with Crippen molar-refractivity contribution >= 4 is 29.0 Å². The third-order valence-corrected chi connectivity index (χ3v) is 10.5. The normalized spacial score (nSPS) is 30.8. The highest BCUT2D eigenvalue weighted by atomic mass is 19.4. The standard InChI is InChI=1S/C32H40F3N3O7/c1-4-38(13-15-8-6-5-7-9-15)14-17-12-20(39)22-18(24(17)32(33,34)35)10-16-11-19-25(37(2)3)27(41)23(30(36)44)29(43)31(19,45)28(42)21(16)26(22)40/h12,15-16,19,21,23,25,39,45H,4-11,13-14H2,1-3H3,(H2,36,44)/t16-,19-,21?,23?,25-,31-/m0/s1. The Balaban J connectivity index is 1.58. The SMILES string of the molecule is CCN(Cc1cc(O)c2c(c1C(F)(F)F)C[C@H]1C[C@H]3[C@H](N(C)C)C(=O)C(C(N)=O)C(=O)[C@@]3(O)C(=O)C1C2=O)CC1CCCCC1. The number of fused-ring (bicyclic) bond motifs is 3. The number of phenolic OH excluding ortho intramolecular Hbond substituents is 1. The fourth-order valence-electron chi connectivity index (χ4n) is 8.50. The molecule has 4 aliphatic rings. The molecule has 4 aliphatic carbocycles. The van der Waals surface area contributed by atoms with Crippen molar-refractivity contribution in [2.75, 3.05) is 27.2 Å².